The lowest BCUT2D eigenvalue weighted by Crippen LogP contribution is -2.20. The second kappa shape index (κ2) is 8.06. The van der Waals surface area contributed by atoms with Crippen molar-refractivity contribution in [3.8, 4) is 0 Å². The summed E-state index contributed by atoms with van der Waals surface area (Å²) in [7, 11) is 0. The van der Waals surface area contributed by atoms with Crippen molar-refractivity contribution in [2.45, 2.75) is 13.3 Å². The summed E-state index contributed by atoms with van der Waals surface area (Å²) in [5.41, 5.74) is 1.11. The van der Waals surface area contributed by atoms with E-state index in [1.807, 2.05) is 37.3 Å². The van der Waals surface area contributed by atoms with Crippen molar-refractivity contribution >= 4 is 11.9 Å². The highest BCUT2D eigenvalue weighted by molar-refractivity contribution is 5.94. The van der Waals surface area contributed by atoms with Crippen LogP contribution in [-0.4, -0.2) is 25.0 Å². The summed E-state index contributed by atoms with van der Waals surface area (Å²) in [5.74, 6) is -0.797. The molecule has 1 amide bonds. The number of benzene rings is 1. The van der Waals surface area contributed by atoms with Crippen LogP contribution in [0.5, 0.6) is 0 Å². The molecule has 0 fully saturated rings. The second-order valence-corrected chi connectivity index (χ2v) is 3.63. The van der Waals surface area contributed by atoms with E-state index in [9.17, 15) is 9.59 Å². The van der Waals surface area contributed by atoms with E-state index in [4.69, 9.17) is 4.74 Å². The molecule has 0 aliphatic heterocycles. The van der Waals surface area contributed by atoms with Crippen LogP contribution in [0.4, 0.5) is 0 Å². The van der Waals surface area contributed by atoms with Gasteiger partial charge in [-0.15, -0.1) is 0 Å². The van der Waals surface area contributed by atoms with Gasteiger partial charge in [0, 0.05) is 25.1 Å². The summed E-state index contributed by atoms with van der Waals surface area (Å²) in [6.07, 6.45) is 2.98. The molecule has 0 atom stereocenters. The average molecular weight is 247 g/mol. The van der Waals surface area contributed by atoms with Crippen molar-refractivity contribution in [1.82, 2.24) is 5.32 Å². The van der Waals surface area contributed by atoms with Crippen LogP contribution in [0, 0.1) is 0 Å². The van der Waals surface area contributed by atoms with Gasteiger partial charge in [-0.2, -0.15) is 0 Å². The molecule has 0 aromatic heterocycles. The molecule has 4 nitrogen and oxygen atoms in total. The lowest BCUT2D eigenvalue weighted by molar-refractivity contribution is -0.137. The van der Waals surface area contributed by atoms with Crippen molar-refractivity contribution in [2.24, 2.45) is 0 Å². The molecule has 0 saturated heterocycles. The zero-order valence-electron chi connectivity index (χ0n) is 10.4. The highest BCUT2D eigenvalue weighted by atomic mass is 16.5. The lowest BCUT2D eigenvalue weighted by atomic mass is 10.2. The third kappa shape index (κ3) is 5.84. The molecule has 0 bridgehead atoms. The Kier molecular flexibility index (Phi) is 6.25. The SMILES string of the molecule is CCNC(=O)/C=C\C(=O)OCCc1ccccc1. The molecule has 1 aromatic rings. The molecule has 0 unspecified atom stereocenters. The second-order valence-electron chi connectivity index (χ2n) is 3.63. The highest BCUT2D eigenvalue weighted by Crippen LogP contribution is 1.99. The van der Waals surface area contributed by atoms with Crippen LogP contribution < -0.4 is 5.32 Å². The fraction of sp³-hybridized carbons (Fsp3) is 0.286. The zero-order valence-corrected chi connectivity index (χ0v) is 10.4. The van der Waals surface area contributed by atoms with Crippen LogP contribution in [-0.2, 0) is 20.7 Å². The summed E-state index contributed by atoms with van der Waals surface area (Å²) < 4.78 is 4.97. The maximum atomic E-state index is 11.3. The number of esters is 1. The van der Waals surface area contributed by atoms with E-state index in [-0.39, 0.29) is 5.91 Å². The van der Waals surface area contributed by atoms with Crippen molar-refractivity contribution in [3.63, 3.8) is 0 Å². The first kappa shape index (κ1) is 14.0. The molecule has 0 radical (unpaired) electrons. The summed E-state index contributed by atoms with van der Waals surface area (Å²) in [4.78, 5) is 22.3. The standard InChI is InChI=1S/C14H17NO3/c1-2-15-13(16)8-9-14(17)18-11-10-12-6-4-3-5-7-12/h3-9H,2,10-11H2,1H3,(H,15,16)/b9-8-. The molecule has 0 heterocycles. The first-order valence-corrected chi connectivity index (χ1v) is 5.89. The van der Waals surface area contributed by atoms with Gasteiger partial charge in [0.2, 0.25) is 5.91 Å². The van der Waals surface area contributed by atoms with Crippen molar-refractivity contribution in [2.75, 3.05) is 13.2 Å². The summed E-state index contributed by atoms with van der Waals surface area (Å²) in [6, 6.07) is 9.75. The van der Waals surface area contributed by atoms with E-state index < -0.39 is 5.97 Å². The topological polar surface area (TPSA) is 55.4 Å². The predicted octanol–water partition coefficient (Wildman–Crippen LogP) is 1.46. The summed E-state index contributed by atoms with van der Waals surface area (Å²) >= 11 is 0. The molecule has 0 saturated carbocycles. The van der Waals surface area contributed by atoms with Crippen LogP contribution >= 0.6 is 0 Å². The zero-order chi connectivity index (χ0) is 13.2. The molecule has 0 aliphatic rings. The molecule has 0 aliphatic carbocycles. The minimum atomic E-state index is -0.503. The minimum absolute atomic E-state index is 0.294. The molecule has 0 spiro atoms. The van der Waals surface area contributed by atoms with E-state index >= 15 is 0 Å². The van der Waals surface area contributed by atoms with E-state index in [2.05, 4.69) is 5.32 Å². The van der Waals surface area contributed by atoms with Gasteiger partial charge in [0.15, 0.2) is 0 Å². The molecular formula is C14H17NO3. The number of amides is 1. The Hall–Kier alpha value is -2.10. The van der Waals surface area contributed by atoms with Gasteiger partial charge in [-0.3, -0.25) is 4.79 Å². The van der Waals surface area contributed by atoms with Gasteiger partial charge in [-0.05, 0) is 12.5 Å². The van der Waals surface area contributed by atoms with Crippen LogP contribution in [0.25, 0.3) is 0 Å². The predicted molar refractivity (Wildman–Crippen MR) is 68.9 cm³/mol. The Balaban J connectivity index is 2.23. The van der Waals surface area contributed by atoms with Crippen molar-refractivity contribution in [1.29, 1.82) is 0 Å². The lowest BCUT2D eigenvalue weighted by Gasteiger charge is -2.02. The van der Waals surface area contributed by atoms with Gasteiger partial charge in [0.1, 0.15) is 0 Å². The fourth-order valence-electron chi connectivity index (χ4n) is 1.34. The van der Waals surface area contributed by atoms with Gasteiger partial charge in [0.25, 0.3) is 0 Å². The number of carbonyl (C=O) groups excluding carboxylic acids is 2. The quantitative estimate of drug-likeness (QED) is 0.611. The third-order valence-corrected chi connectivity index (χ3v) is 2.20. The normalized spacial score (nSPS) is 10.3. The van der Waals surface area contributed by atoms with Crippen LogP contribution in [0.1, 0.15) is 12.5 Å². The summed E-state index contributed by atoms with van der Waals surface area (Å²) in [6.45, 7) is 2.65. The van der Waals surface area contributed by atoms with E-state index in [1.54, 1.807) is 0 Å². The molecule has 1 aromatic carbocycles. The van der Waals surface area contributed by atoms with Gasteiger partial charge in [-0.1, -0.05) is 30.3 Å². The van der Waals surface area contributed by atoms with Crippen molar-refractivity contribution in [3.05, 3.63) is 48.0 Å². The number of hydrogen-bond donors (Lipinski definition) is 1. The number of ether oxygens (including phenoxy) is 1. The van der Waals surface area contributed by atoms with E-state index in [1.165, 1.54) is 6.08 Å². The molecular weight excluding hydrogens is 230 g/mol. The Morgan fingerprint density at radius 3 is 2.61 bits per heavy atom. The van der Waals surface area contributed by atoms with Crippen molar-refractivity contribution < 1.29 is 14.3 Å². The van der Waals surface area contributed by atoms with E-state index in [0.717, 1.165) is 11.6 Å². The van der Waals surface area contributed by atoms with Gasteiger partial charge in [-0.25, -0.2) is 4.79 Å². The first-order chi connectivity index (χ1) is 8.72. The van der Waals surface area contributed by atoms with Gasteiger partial charge < -0.3 is 10.1 Å². The Bertz CT molecular complexity index is 412. The molecule has 1 N–H and O–H groups in total. The maximum Gasteiger partial charge on any atom is 0.330 e. The summed E-state index contributed by atoms with van der Waals surface area (Å²) in [5, 5.41) is 2.55. The minimum Gasteiger partial charge on any atom is -0.462 e. The maximum absolute atomic E-state index is 11.3. The van der Waals surface area contributed by atoms with Gasteiger partial charge in [0.05, 0.1) is 6.61 Å². The molecule has 96 valence electrons. The number of hydrogen-bond acceptors (Lipinski definition) is 3. The highest BCUT2D eigenvalue weighted by Gasteiger charge is 1.99. The van der Waals surface area contributed by atoms with Gasteiger partial charge >= 0.3 is 5.97 Å². The van der Waals surface area contributed by atoms with Crippen LogP contribution in [0.15, 0.2) is 42.5 Å². The third-order valence-electron chi connectivity index (χ3n) is 2.20. The number of rotatable bonds is 6. The van der Waals surface area contributed by atoms with Crippen LogP contribution in [0.3, 0.4) is 0 Å². The smallest absolute Gasteiger partial charge is 0.330 e. The number of nitrogens with one attached hydrogen (secondary N) is 1. The average Bonchev–Trinajstić information content (AvgIpc) is 2.38. The molecule has 18 heavy (non-hydrogen) atoms. The monoisotopic (exact) mass is 247 g/mol. The molecule has 1 rings (SSSR count). The first-order valence-electron chi connectivity index (χ1n) is 5.89. The Morgan fingerprint density at radius 2 is 1.94 bits per heavy atom. The largest absolute Gasteiger partial charge is 0.462 e. The number of likely N-dealkylation sites (N-methyl/N-ethyl adjacent to an activating group) is 1. The fourth-order valence-corrected chi connectivity index (χ4v) is 1.34. The Labute approximate surface area is 107 Å². The van der Waals surface area contributed by atoms with E-state index in [0.29, 0.717) is 19.6 Å². The number of carbonyl (C=O) groups is 2. The Morgan fingerprint density at radius 1 is 1.22 bits per heavy atom. The molecule has 4 heteroatoms. The van der Waals surface area contributed by atoms with Crippen LogP contribution in [0.2, 0.25) is 0 Å².